The summed E-state index contributed by atoms with van der Waals surface area (Å²) in [6.07, 6.45) is 0.330. The summed E-state index contributed by atoms with van der Waals surface area (Å²) >= 11 is 0. The maximum Gasteiger partial charge on any atom is 0.341 e. The fraction of sp³-hybridized carbons (Fsp3) is 0.263. The van der Waals surface area contributed by atoms with Crippen molar-refractivity contribution in [2.24, 2.45) is 0 Å². The number of anilines is 1. The quantitative estimate of drug-likeness (QED) is 0.886. The van der Waals surface area contributed by atoms with E-state index in [1.54, 1.807) is 36.2 Å². The molecule has 0 bridgehead atoms. The van der Waals surface area contributed by atoms with Gasteiger partial charge in [-0.25, -0.2) is 4.79 Å². The maximum atomic E-state index is 12.5. The number of ether oxygens (including phenoxy) is 1. The third kappa shape index (κ3) is 4.84. The van der Waals surface area contributed by atoms with Crippen LogP contribution in [0.4, 0.5) is 5.69 Å². The lowest BCUT2D eigenvalue weighted by molar-refractivity contribution is -0.139. The summed E-state index contributed by atoms with van der Waals surface area (Å²) in [6, 6.07) is 12.9. The number of likely N-dealkylation sites (N-methyl/N-ethyl adjacent to an activating group) is 1. The molecule has 2 rings (SSSR count). The summed E-state index contributed by atoms with van der Waals surface area (Å²) in [5, 5.41) is 8.59. The zero-order valence-electron chi connectivity index (χ0n) is 14.1. The Hall–Kier alpha value is -2.82. The smallest absolute Gasteiger partial charge is 0.341 e. The maximum absolute atomic E-state index is 12.5. The molecule has 0 spiro atoms. The van der Waals surface area contributed by atoms with Gasteiger partial charge in [0.15, 0.2) is 6.61 Å². The van der Waals surface area contributed by atoms with E-state index in [1.807, 2.05) is 26.0 Å². The molecule has 1 amide bonds. The summed E-state index contributed by atoms with van der Waals surface area (Å²) in [5.74, 6) is -0.588. The van der Waals surface area contributed by atoms with E-state index in [0.29, 0.717) is 12.2 Å². The number of carbonyl (C=O) groups excluding carboxylic acids is 1. The van der Waals surface area contributed by atoms with Gasteiger partial charge in [-0.2, -0.15) is 0 Å². The number of rotatable bonds is 6. The first-order valence-electron chi connectivity index (χ1n) is 7.63. The molecule has 0 atom stereocenters. The molecule has 0 aromatic heterocycles. The first kappa shape index (κ1) is 17.5. The monoisotopic (exact) mass is 327 g/mol. The third-order valence-corrected chi connectivity index (χ3v) is 3.60. The molecule has 0 saturated heterocycles. The Balaban J connectivity index is 2.03. The first-order valence-corrected chi connectivity index (χ1v) is 7.63. The van der Waals surface area contributed by atoms with E-state index in [-0.39, 0.29) is 12.5 Å². The van der Waals surface area contributed by atoms with Gasteiger partial charge >= 0.3 is 5.97 Å². The van der Waals surface area contributed by atoms with Crippen LogP contribution in [0.2, 0.25) is 0 Å². The summed E-state index contributed by atoms with van der Waals surface area (Å²) in [7, 11) is 1.72. The van der Waals surface area contributed by atoms with Crippen LogP contribution in [0.15, 0.2) is 42.5 Å². The minimum Gasteiger partial charge on any atom is -0.482 e. The number of carbonyl (C=O) groups is 2. The zero-order valence-corrected chi connectivity index (χ0v) is 14.1. The Morgan fingerprint density at radius 3 is 2.17 bits per heavy atom. The Kier molecular flexibility index (Phi) is 5.58. The van der Waals surface area contributed by atoms with Crippen LogP contribution in [-0.2, 0) is 16.0 Å². The molecule has 0 aliphatic heterocycles. The largest absolute Gasteiger partial charge is 0.482 e. The molecule has 5 heteroatoms. The second-order valence-corrected chi connectivity index (χ2v) is 5.80. The van der Waals surface area contributed by atoms with Gasteiger partial charge in [0.05, 0.1) is 6.42 Å². The predicted octanol–water partition coefficient (Wildman–Crippen LogP) is 2.97. The number of carboxylic acids is 1. The van der Waals surface area contributed by atoms with Crippen molar-refractivity contribution in [3.63, 3.8) is 0 Å². The van der Waals surface area contributed by atoms with Crippen molar-refractivity contribution >= 4 is 17.6 Å². The number of benzene rings is 2. The van der Waals surface area contributed by atoms with Crippen molar-refractivity contribution in [3.8, 4) is 5.75 Å². The number of nitrogens with zero attached hydrogens (tertiary/aromatic N) is 1. The molecule has 0 radical (unpaired) electrons. The highest BCUT2D eigenvalue weighted by molar-refractivity contribution is 5.94. The van der Waals surface area contributed by atoms with Crippen molar-refractivity contribution in [3.05, 3.63) is 59.2 Å². The standard InChI is InChI=1S/C19H21NO4/c1-13-8-14(2)10-15(9-13)11-18(21)20(3)16-4-6-17(7-5-16)24-12-19(22)23/h4-10H,11-12H2,1-3H3,(H,22,23). The molecule has 0 aliphatic carbocycles. The highest BCUT2D eigenvalue weighted by Gasteiger charge is 2.12. The lowest BCUT2D eigenvalue weighted by Crippen LogP contribution is -2.27. The van der Waals surface area contributed by atoms with E-state index in [1.165, 1.54) is 0 Å². The summed E-state index contributed by atoms with van der Waals surface area (Å²) in [4.78, 5) is 24.5. The minimum atomic E-state index is -1.03. The molecule has 0 heterocycles. The molecule has 0 aliphatic rings. The fourth-order valence-corrected chi connectivity index (χ4v) is 2.52. The molecule has 0 fully saturated rings. The van der Waals surface area contributed by atoms with Crippen LogP contribution in [0.25, 0.3) is 0 Å². The van der Waals surface area contributed by atoms with Crippen molar-refractivity contribution in [1.82, 2.24) is 0 Å². The van der Waals surface area contributed by atoms with E-state index in [0.717, 1.165) is 22.4 Å². The second-order valence-electron chi connectivity index (χ2n) is 5.80. The van der Waals surface area contributed by atoms with Gasteiger partial charge in [0.1, 0.15) is 5.75 Å². The Bertz CT molecular complexity index is 717. The van der Waals surface area contributed by atoms with Crippen LogP contribution in [0.5, 0.6) is 5.75 Å². The number of aryl methyl sites for hydroxylation is 2. The molecule has 1 N–H and O–H groups in total. The van der Waals surface area contributed by atoms with Crippen LogP contribution < -0.4 is 9.64 Å². The first-order chi connectivity index (χ1) is 11.3. The average molecular weight is 327 g/mol. The van der Waals surface area contributed by atoms with Crippen LogP contribution in [0.3, 0.4) is 0 Å². The van der Waals surface area contributed by atoms with Crippen molar-refractivity contribution in [2.45, 2.75) is 20.3 Å². The minimum absolute atomic E-state index is 0.0146. The summed E-state index contributed by atoms with van der Waals surface area (Å²) in [6.45, 7) is 3.64. The third-order valence-electron chi connectivity index (χ3n) is 3.60. The van der Waals surface area contributed by atoms with E-state index >= 15 is 0 Å². The van der Waals surface area contributed by atoms with E-state index in [9.17, 15) is 9.59 Å². The van der Waals surface area contributed by atoms with Gasteiger partial charge in [-0.1, -0.05) is 29.3 Å². The van der Waals surface area contributed by atoms with Gasteiger partial charge in [-0.3, -0.25) is 4.79 Å². The van der Waals surface area contributed by atoms with E-state index < -0.39 is 5.97 Å². The number of hydrogen-bond acceptors (Lipinski definition) is 3. The Labute approximate surface area is 141 Å². The number of hydrogen-bond donors (Lipinski definition) is 1. The van der Waals surface area contributed by atoms with E-state index in [2.05, 4.69) is 6.07 Å². The number of amides is 1. The van der Waals surface area contributed by atoms with Gasteiger partial charge in [0.25, 0.3) is 0 Å². The van der Waals surface area contributed by atoms with Crippen LogP contribution in [-0.4, -0.2) is 30.6 Å². The summed E-state index contributed by atoms with van der Waals surface area (Å²) < 4.78 is 5.08. The van der Waals surface area contributed by atoms with Crippen LogP contribution in [0, 0.1) is 13.8 Å². The zero-order chi connectivity index (χ0) is 17.7. The van der Waals surface area contributed by atoms with Gasteiger partial charge in [0, 0.05) is 12.7 Å². The molecule has 0 unspecified atom stereocenters. The lowest BCUT2D eigenvalue weighted by atomic mass is 10.0. The fourth-order valence-electron chi connectivity index (χ4n) is 2.52. The molecule has 2 aromatic carbocycles. The predicted molar refractivity (Wildman–Crippen MR) is 92.6 cm³/mol. The highest BCUT2D eigenvalue weighted by Crippen LogP contribution is 2.20. The summed E-state index contributed by atoms with van der Waals surface area (Å²) in [5.41, 5.74) is 4.00. The molecule has 2 aromatic rings. The lowest BCUT2D eigenvalue weighted by Gasteiger charge is -2.18. The van der Waals surface area contributed by atoms with Gasteiger partial charge in [0.2, 0.25) is 5.91 Å². The van der Waals surface area contributed by atoms with Crippen molar-refractivity contribution in [2.75, 3.05) is 18.6 Å². The van der Waals surface area contributed by atoms with Crippen molar-refractivity contribution in [1.29, 1.82) is 0 Å². The Morgan fingerprint density at radius 2 is 1.62 bits per heavy atom. The normalized spacial score (nSPS) is 10.3. The van der Waals surface area contributed by atoms with Gasteiger partial charge < -0.3 is 14.7 Å². The molecule has 5 nitrogen and oxygen atoms in total. The average Bonchev–Trinajstić information content (AvgIpc) is 2.51. The van der Waals surface area contributed by atoms with Gasteiger partial charge in [-0.05, 0) is 43.7 Å². The van der Waals surface area contributed by atoms with Crippen LogP contribution >= 0.6 is 0 Å². The highest BCUT2D eigenvalue weighted by atomic mass is 16.5. The second kappa shape index (κ2) is 7.64. The van der Waals surface area contributed by atoms with Crippen LogP contribution in [0.1, 0.15) is 16.7 Å². The van der Waals surface area contributed by atoms with E-state index in [4.69, 9.17) is 9.84 Å². The SMILES string of the molecule is Cc1cc(C)cc(CC(=O)N(C)c2ccc(OCC(=O)O)cc2)c1. The molecular weight excluding hydrogens is 306 g/mol. The number of carboxylic acid groups (broad SMARTS) is 1. The molecular formula is C19H21NO4. The molecule has 0 saturated carbocycles. The van der Waals surface area contributed by atoms with Crippen molar-refractivity contribution < 1.29 is 19.4 Å². The molecule has 126 valence electrons. The number of aliphatic carboxylic acids is 1. The topological polar surface area (TPSA) is 66.8 Å². The molecule has 24 heavy (non-hydrogen) atoms. The Morgan fingerprint density at radius 1 is 1.04 bits per heavy atom. The van der Waals surface area contributed by atoms with Gasteiger partial charge in [-0.15, -0.1) is 0 Å².